The number of nitrogen functional groups attached to an aromatic ring is 1. The van der Waals surface area contributed by atoms with E-state index >= 15 is 0 Å². The molecule has 3 rings (SSSR count). The van der Waals surface area contributed by atoms with Gasteiger partial charge in [-0.25, -0.2) is 9.97 Å². The molecule has 0 aliphatic carbocycles. The maximum Gasteiger partial charge on any atom is 0.224 e. The minimum Gasteiger partial charge on any atom is -0.493 e. The standard InChI is InChI=1S/C16H14ClN3O2/c1-21-13-7-11-12(19-16(17)20-15(11)18)8-14(13)22-9-10-5-3-2-4-6-10/h2-8H,9H2,1H3,(H2,18,19,20). The highest BCUT2D eigenvalue weighted by atomic mass is 35.5. The molecule has 0 amide bonds. The summed E-state index contributed by atoms with van der Waals surface area (Å²) < 4.78 is 11.2. The van der Waals surface area contributed by atoms with E-state index in [0.717, 1.165) is 5.56 Å². The first-order valence-corrected chi connectivity index (χ1v) is 7.02. The average molecular weight is 316 g/mol. The molecule has 3 aromatic rings. The Morgan fingerprint density at radius 1 is 1.09 bits per heavy atom. The summed E-state index contributed by atoms with van der Waals surface area (Å²) in [5.41, 5.74) is 7.54. The van der Waals surface area contributed by atoms with E-state index in [9.17, 15) is 0 Å². The van der Waals surface area contributed by atoms with Crippen LogP contribution in [0.3, 0.4) is 0 Å². The van der Waals surface area contributed by atoms with Gasteiger partial charge in [-0.15, -0.1) is 0 Å². The predicted molar refractivity (Wildman–Crippen MR) is 86.3 cm³/mol. The molecule has 0 aliphatic heterocycles. The topological polar surface area (TPSA) is 70.3 Å². The summed E-state index contributed by atoms with van der Waals surface area (Å²) in [5.74, 6) is 1.46. The van der Waals surface area contributed by atoms with Gasteiger partial charge in [0.15, 0.2) is 11.5 Å². The first-order chi connectivity index (χ1) is 10.7. The van der Waals surface area contributed by atoms with E-state index in [-0.39, 0.29) is 5.28 Å². The predicted octanol–water partition coefficient (Wildman–Crippen LogP) is 3.45. The number of aromatic nitrogens is 2. The van der Waals surface area contributed by atoms with Crippen LogP contribution in [-0.2, 0) is 6.61 Å². The van der Waals surface area contributed by atoms with Crippen molar-refractivity contribution in [2.75, 3.05) is 12.8 Å². The number of nitrogens with two attached hydrogens (primary N) is 1. The first kappa shape index (κ1) is 14.4. The Labute approximate surface area is 132 Å². The van der Waals surface area contributed by atoms with Gasteiger partial charge in [0.25, 0.3) is 0 Å². The maximum absolute atomic E-state index is 5.86. The molecule has 0 bridgehead atoms. The molecule has 1 heterocycles. The summed E-state index contributed by atoms with van der Waals surface area (Å²) in [6.45, 7) is 0.428. The monoisotopic (exact) mass is 315 g/mol. The fourth-order valence-electron chi connectivity index (χ4n) is 2.14. The van der Waals surface area contributed by atoms with Gasteiger partial charge in [-0.3, -0.25) is 0 Å². The van der Waals surface area contributed by atoms with Gasteiger partial charge in [-0.2, -0.15) is 0 Å². The Morgan fingerprint density at radius 2 is 1.86 bits per heavy atom. The van der Waals surface area contributed by atoms with Gasteiger partial charge in [0.2, 0.25) is 5.28 Å². The van der Waals surface area contributed by atoms with Crippen molar-refractivity contribution >= 4 is 28.3 Å². The molecule has 0 saturated heterocycles. The van der Waals surface area contributed by atoms with Gasteiger partial charge in [-0.05, 0) is 23.2 Å². The molecule has 0 atom stereocenters. The summed E-state index contributed by atoms with van der Waals surface area (Å²) in [4.78, 5) is 8.10. The number of methoxy groups -OCH3 is 1. The largest absolute Gasteiger partial charge is 0.493 e. The zero-order chi connectivity index (χ0) is 15.5. The Balaban J connectivity index is 1.97. The highest BCUT2D eigenvalue weighted by Gasteiger charge is 2.12. The number of benzene rings is 2. The second-order valence-electron chi connectivity index (χ2n) is 4.67. The SMILES string of the molecule is COc1cc2c(N)nc(Cl)nc2cc1OCc1ccccc1. The maximum atomic E-state index is 5.86. The number of nitrogens with zero attached hydrogens (tertiary/aromatic N) is 2. The van der Waals surface area contributed by atoms with Gasteiger partial charge in [0.05, 0.1) is 12.6 Å². The van der Waals surface area contributed by atoms with Crippen LogP contribution in [0.2, 0.25) is 5.28 Å². The Morgan fingerprint density at radius 3 is 2.59 bits per heavy atom. The number of hydrogen-bond acceptors (Lipinski definition) is 5. The second-order valence-corrected chi connectivity index (χ2v) is 5.01. The van der Waals surface area contributed by atoms with Crippen LogP contribution in [0.1, 0.15) is 5.56 Å². The lowest BCUT2D eigenvalue weighted by Gasteiger charge is -2.12. The lowest BCUT2D eigenvalue weighted by atomic mass is 10.2. The third kappa shape index (κ3) is 2.89. The van der Waals surface area contributed by atoms with Crippen LogP contribution in [0.5, 0.6) is 11.5 Å². The van der Waals surface area contributed by atoms with Gasteiger partial charge in [-0.1, -0.05) is 30.3 Å². The highest BCUT2D eigenvalue weighted by molar-refractivity contribution is 6.28. The van der Waals surface area contributed by atoms with Crippen molar-refractivity contribution in [3.63, 3.8) is 0 Å². The van der Waals surface area contributed by atoms with Crippen molar-refractivity contribution in [3.05, 3.63) is 53.3 Å². The quantitative estimate of drug-likeness (QED) is 0.747. The first-order valence-electron chi connectivity index (χ1n) is 6.65. The summed E-state index contributed by atoms with van der Waals surface area (Å²) >= 11 is 5.85. The van der Waals surface area contributed by atoms with E-state index in [4.69, 9.17) is 26.8 Å². The third-order valence-corrected chi connectivity index (χ3v) is 3.39. The van der Waals surface area contributed by atoms with E-state index in [2.05, 4.69) is 9.97 Å². The van der Waals surface area contributed by atoms with Crippen LogP contribution in [0.4, 0.5) is 5.82 Å². The molecule has 2 N–H and O–H groups in total. The Kier molecular flexibility index (Phi) is 3.98. The van der Waals surface area contributed by atoms with Crippen LogP contribution >= 0.6 is 11.6 Å². The van der Waals surface area contributed by atoms with Crippen LogP contribution in [0, 0.1) is 0 Å². The van der Waals surface area contributed by atoms with Crippen LogP contribution < -0.4 is 15.2 Å². The molecule has 0 radical (unpaired) electrons. The molecule has 0 saturated carbocycles. The van der Waals surface area contributed by atoms with E-state index in [0.29, 0.717) is 34.8 Å². The van der Waals surface area contributed by atoms with Crippen molar-refractivity contribution in [3.8, 4) is 11.5 Å². The van der Waals surface area contributed by atoms with Crippen molar-refractivity contribution in [2.45, 2.75) is 6.61 Å². The number of halogens is 1. The van der Waals surface area contributed by atoms with Crippen molar-refractivity contribution in [2.24, 2.45) is 0 Å². The molecule has 0 fully saturated rings. The van der Waals surface area contributed by atoms with Gasteiger partial charge < -0.3 is 15.2 Å². The lowest BCUT2D eigenvalue weighted by Crippen LogP contribution is -2.00. The molecule has 6 heteroatoms. The number of anilines is 1. The van der Waals surface area contributed by atoms with Gasteiger partial charge in [0.1, 0.15) is 12.4 Å². The number of hydrogen-bond donors (Lipinski definition) is 1. The normalized spacial score (nSPS) is 10.6. The zero-order valence-electron chi connectivity index (χ0n) is 11.9. The Hall–Kier alpha value is -2.53. The Bertz CT molecular complexity index is 809. The van der Waals surface area contributed by atoms with Gasteiger partial charge in [0, 0.05) is 11.5 Å². The van der Waals surface area contributed by atoms with E-state index < -0.39 is 0 Å². The molecule has 0 aliphatic rings. The van der Waals surface area contributed by atoms with Crippen LogP contribution in [0.15, 0.2) is 42.5 Å². The van der Waals surface area contributed by atoms with Crippen molar-refractivity contribution in [1.82, 2.24) is 9.97 Å². The molecule has 1 aromatic heterocycles. The fraction of sp³-hybridized carbons (Fsp3) is 0.125. The van der Waals surface area contributed by atoms with Gasteiger partial charge >= 0.3 is 0 Å². The highest BCUT2D eigenvalue weighted by Crippen LogP contribution is 2.34. The smallest absolute Gasteiger partial charge is 0.224 e. The fourth-order valence-corrected chi connectivity index (χ4v) is 2.32. The average Bonchev–Trinajstić information content (AvgIpc) is 2.53. The number of rotatable bonds is 4. The molecule has 0 unspecified atom stereocenters. The lowest BCUT2D eigenvalue weighted by molar-refractivity contribution is 0.285. The van der Waals surface area contributed by atoms with Crippen LogP contribution in [-0.4, -0.2) is 17.1 Å². The summed E-state index contributed by atoms with van der Waals surface area (Å²) in [6, 6.07) is 13.4. The number of ether oxygens (including phenoxy) is 2. The van der Waals surface area contributed by atoms with E-state index in [1.54, 1.807) is 19.2 Å². The minimum atomic E-state index is 0.101. The van der Waals surface area contributed by atoms with E-state index in [1.165, 1.54) is 0 Å². The number of fused-ring (bicyclic) bond motifs is 1. The molecular formula is C16H14ClN3O2. The molecule has 0 spiro atoms. The summed E-state index contributed by atoms with van der Waals surface area (Å²) in [7, 11) is 1.57. The zero-order valence-corrected chi connectivity index (χ0v) is 12.7. The minimum absolute atomic E-state index is 0.101. The third-order valence-electron chi connectivity index (χ3n) is 3.22. The summed E-state index contributed by atoms with van der Waals surface area (Å²) in [6.07, 6.45) is 0. The molecule has 22 heavy (non-hydrogen) atoms. The van der Waals surface area contributed by atoms with Crippen molar-refractivity contribution in [1.29, 1.82) is 0 Å². The second kappa shape index (κ2) is 6.07. The molecular weight excluding hydrogens is 302 g/mol. The van der Waals surface area contributed by atoms with Crippen molar-refractivity contribution < 1.29 is 9.47 Å². The molecule has 5 nitrogen and oxygen atoms in total. The van der Waals surface area contributed by atoms with E-state index in [1.807, 2.05) is 30.3 Å². The molecule has 2 aromatic carbocycles. The molecule has 112 valence electrons. The summed E-state index contributed by atoms with van der Waals surface area (Å²) in [5, 5.41) is 0.775. The van der Waals surface area contributed by atoms with Crippen LogP contribution in [0.25, 0.3) is 10.9 Å².